The van der Waals surface area contributed by atoms with E-state index in [1.54, 1.807) is 23.1 Å². The molecule has 1 fully saturated rings. The smallest absolute Gasteiger partial charge is 0.256 e. The topological polar surface area (TPSA) is 64.7 Å². The molecule has 0 bridgehead atoms. The van der Waals surface area contributed by atoms with E-state index < -0.39 is 23.2 Å². The number of rotatable bonds is 2. The molecule has 1 N–H and O–H groups in total. The van der Waals surface area contributed by atoms with Crippen molar-refractivity contribution in [1.29, 1.82) is 0 Å². The molecule has 6 nitrogen and oxygen atoms in total. The van der Waals surface area contributed by atoms with Crippen molar-refractivity contribution in [2.24, 2.45) is 0 Å². The summed E-state index contributed by atoms with van der Waals surface area (Å²) in [5.41, 5.74) is 0.0742. The van der Waals surface area contributed by atoms with E-state index >= 15 is 0 Å². The van der Waals surface area contributed by atoms with E-state index in [-0.39, 0.29) is 42.1 Å². The maximum absolute atomic E-state index is 14.8. The van der Waals surface area contributed by atoms with Gasteiger partial charge in [-0.1, -0.05) is 6.07 Å². The summed E-state index contributed by atoms with van der Waals surface area (Å²) in [4.78, 5) is 30.0. The van der Waals surface area contributed by atoms with Crippen molar-refractivity contribution in [2.75, 3.05) is 13.1 Å². The summed E-state index contributed by atoms with van der Waals surface area (Å²) in [6, 6.07) is 12.8. The summed E-state index contributed by atoms with van der Waals surface area (Å²) < 4.78 is 29.0. The Labute approximate surface area is 176 Å². The number of hydrogen-bond acceptors (Lipinski definition) is 3. The second-order valence-corrected chi connectivity index (χ2v) is 7.65. The number of carbonyl (C=O) groups is 2. The minimum Gasteiger partial charge on any atom is -0.309 e. The van der Waals surface area contributed by atoms with Gasteiger partial charge in [0.25, 0.3) is 11.8 Å². The molecule has 3 aromatic rings. The molecule has 0 aliphatic carbocycles. The summed E-state index contributed by atoms with van der Waals surface area (Å²) in [6.07, 6.45) is 2.84. The van der Waals surface area contributed by atoms with Gasteiger partial charge in [0.1, 0.15) is 17.3 Å². The van der Waals surface area contributed by atoms with Crippen LogP contribution in [-0.4, -0.2) is 39.9 Å². The summed E-state index contributed by atoms with van der Waals surface area (Å²) in [6.45, 7) is 0.487. The van der Waals surface area contributed by atoms with Crippen molar-refractivity contribution in [3.05, 3.63) is 101 Å². The summed E-state index contributed by atoms with van der Waals surface area (Å²) in [5, 5.41) is 9.69. The highest BCUT2D eigenvalue weighted by Gasteiger charge is 2.56. The Kier molecular flexibility index (Phi) is 4.25. The molecular formula is C23H18F2N3O3+. The van der Waals surface area contributed by atoms with Gasteiger partial charge in [-0.2, -0.15) is 0 Å². The van der Waals surface area contributed by atoms with Crippen molar-refractivity contribution < 1.29 is 28.3 Å². The van der Waals surface area contributed by atoms with Crippen LogP contribution in [-0.2, 0) is 12.1 Å². The molecule has 1 aromatic heterocycles. The minimum absolute atomic E-state index is 0.0587. The first kappa shape index (κ1) is 19.2. The number of carbonyl (C=O) groups excluding carboxylic acids is 2. The van der Waals surface area contributed by atoms with E-state index in [0.717, 1.165) is 4.73 Å². The first-order valence-corrected chi connectivity index (χ1v) is 9.80. The fourth-order valence-electron chi connectivity index (χ4n) is 4.62. The van der Waals surface area contributed by atoms with Crippen LogP contribution in [0.2, 0.25) is 0 Å². The lowest BCUT2D eigenvalue weighted by atomic mass is 9.83. The van der Waals surface area contributed by atoms with Gasteiger partial charge in [0.2, 0.25) is 12.4 Å². The third-order valence-electron chi connectivity index (χ3n) is 6.07. The highest BCUT2D eigenvalue weighted by Crippen LogP contribution is 2.45. The maximum atomic E-state index is 14.8. The van der Waals surface area contributed by atoms with Crippen molar-refractivity contribution in [3.63, 3.8) is 0 Å². The van der Waals surface area contributed by atoms with E-state index in [9.17, 15) is 23.6 Å². The van der Waals surface area contributed by atoms with E-state index in [4.69, 9.17) is 0 Å². The lowest BCUT2D eigenvalue weighted by molar-refractivity contribution is -0.904. The van der Waals surface area contributed by atoms with Gasteiger partial charge in [-0.25, -0.2) is 8.78 Å². The number of fused-ring (bicyclic) bond motifs is 2. The Morgan fingerprint density at radius 2 is 1.71 bits per heavy atom. The van der Waals surface area contributed by atoms with Crippen LogP contribution in [0, 0.1) is 11.6 Å². The molecule has 2 aliphatic heterocycles. The zero-order valence-corrected chi connectivity index (χ0v) is 16.3. The predicted molar refractivity (Wildman–Crippen MR) is 104 cm³/mol. The number of benzene rings is 2. The Morgan fingerprint density at radius 3 is 2.42 bits per heavy atom. The molecule has 2 aromatic carbocycles. The lowest BCUT2D eigenvalue weighted by Gasteiger charge is -2.47. The average Bonchev–Trinajstić information content (AvgIpc) is 3.16. The molecule has 8 heteroatoms. The van der Waals surface area contributed by atoms with E-state index in [2.05, 4.69) is 0 Å². The standard InChI is InChI=1S/C23H18F2N3O3/c24-17-6-4-15(5-7-17)21(29)27-12-13-28-22(30)18-2-1-3-20(25)19(18)14-23(27,28)16-8-10-26(31)11-9-16/h1-11,31H,12-14H2/q+1. The summed E-state index contributed by atoms with van der Waals surface area (Å²) in [7, 11) is 0. The Morgan fingerprint density at radius 1 is 1.00 bits per heavy atom. The van der Waals surface area contributed by atoms with Crippen LogP contribution >= 0.6 is 0 Å². The maximum Gasteiger partial charge on any atom is 0.256 e. The minimum atomic E-state index is -1.27. The van der Waals surface area contributed by atoms with Crippen LogP contribution in [0.3, 0.4) is 0 Å². The van der Waals surface area contributed by atoms with Gasteiger partial charge in [-0.05, 0) is 36.4 Å². The Hall–Kier alpha value is -3.81. The second kappa shape index (κ2) is 6.87. The Bertz CT molecular complexity index is 1200. The monoisotopic (exact) mass is 422 g/mol. The van der Waals surface area contributed by atoms with Gasteiger partial charge < -0.3 is 9.80 Å². The van der Waals surface area contributed by atoms with Crippen molar-refractivity contribution in [2.45, 2.75) is 12.1 Å². The lowest BCUT2D eigenvalue weighted by Crippen LogP contribution is -2.58. The number of aromatic nitrogens is 1. The molecule has 31 heavy (non-hydrogen) atoms. The Balaban J connectivity index is 1.70. The molecule has 5 rings (SSSR count). The third-order valence-corrected chi connectivity index (χ3v) is 6.07. The zero-order valence-electron chi connectivity index (χ0n) is 16.3. The number of nitrogens with zero attached hydrogens (tertiary/aromatic N) is 3. The van der Waals surface area contributed by atoms with Gasteiger partial charge in [0.15, 0.2) is 0 Å². The number of hydrogen-bond donors (Lipinski definition) is 1. The highest BCUT2D eigenvalue weighted by molar-refractivity contribution is 6.00. The number of amides is 2. The molecule has 3 heterocycles. The van der Waals surface area contributed by atoms with Gasteiger partial charge in [0.05, 0.1) is 0 Å². The molecule has 0 saturated carbocycles. The van der Waals surface area contributed by atoms with Crippen molar-refractivity contribution >= 4 is 11.8 Å². The molecule has 1 unspecified atom stereocenters. The number of halogens is 2. The predicted octanol–water partition coefficient (Wildman–Crippen LogP) is 2.50. The van der Waals surface area contributed by atoms with Gasteiger partial charge in [0, 0.05) is 58.6 Å². The summed E-state index contributed by atoms with van der Waals surface area (Å²) >= 11 is 0. The van der Waals surface area contributed by atoms with Crippen LogP contribution in [0.5, 0.6) is 0 Å². The molecule has 156 valence electrons. The van der Waals surface area contributed by atoms with Gasteiger partial charge in [-0.15, -0.1) is 0 Å². The van der Waals surface area contributed by atoms with Crippen molar-refractivity contribution in [1.82, 2.24) is 9.80 Å². The van der Waals surface area contributed by atoms with Crippen LogP contribution < -0.4 is 4.73 Å². The fourth-order valence-corrected chi connectivity index (χ4v) is 4.62. The van der Waals surface area contributed by atoms with Crippen molar-refractivity contribution in [3.8, 4) is 0 Å². The van der Waals surface area contributed by atoms with Crippen LogP contribution in [0.4, 0.5) is 8.78 Å². The van der Waals surface area contributed by atoms with Gasteiger partial charge in [-0.3, -0.25) is 14.8 Å². The van der Waals surface area contributed by atoms with Crippen LogP contribution in [0.15, 0.2) is 67.0 Å². The second-order valence-electron chi connectivity index (χ2n) is 7.65. The molecule has 1 saturated heterocycles. The average molecular weight is 422 g/mol. The SMILES string of the molecule is O=C(c1ccc(F)cc1)N1CCN2C(=O)c3cccc(F)c3CC12c1cc[n+](O)cc1. The third kappa shape index (κ3) is 2.78. The highest BCUT2D eigenvalue weighted by atomic mass is 19.1. The van der Waals surface area contributed by atoms with Crippen LogP contribution in [0.1, 0.15) is 31.8 Å². The summed E-state index contributed by atoms with van der Waals surface area (Å²) in [5.74, 6) is -1.74. The zero-order chi connectivity index (χ0) is 21.8. The molecule has 2 amide bonds. The van der Waals surface area contributed by atoms with Gasteiger partial charge >= 0.3 is 0 Å². The van der Waals surface area contributed by atoms with E-state index in [1.807, 2.05) is 0 Å². The molecule has 0 radical (unpaired) electrons. The molecule has 1 atom stereocenters. The fraction of sp³-hybridized carbons (Fsp3) is 0.174. The molecule has 0 spiro atoms. The largest absolute Gasteiger partial charge is 0.309 e. The number of pyridine rings is 1. The van der Waals surface area contributed by atoms with E-state index in [0.29, 0.717) is 5.56 Å². The molecular weight excluding hydrogens is 404 g/mol. The normalized spacial score (nSPS) is 19.9. The van der Waals surface area contributed by atoms with E-state index in [1.165, 1.54) is 53.7 Å². The first-order valence-electron chi connectivity index (χ1n) is 9.80. The molecule has 2 aliphatic rings. The van der Waals surface area contributed by atoms with Crippen LogP contribution in [0.25, 0.3) is 0 Å². The first-order chi connectivity index (χ1) is 14.9. The quantitative estimate of drug-likeness (QED) is 0.510.